The number of carbonyl (C=O) groups is 3. The summed E-state index contributed by atoms with van der Waals surface area (Å²) in [5, 5.41) is 23.1. The molecule has 0 aliphatic heterocycles. The number of aliphatic carboxylic acids is 2. The lowest BCUT2D eigenvalue weighted by atomic mass is 9.91. The fraction of sp³-hybridized carbons (Fsp3) is 0.850. The van der Waals surface area contributed by atoms with Gasteiger partial charge in [0.25, 0.3) is 0 Å². The number of hydrogen-bond acceptors (Lipinski definition) is 5. The predicted octanol–water partition coefficient (Wildman–Crippen LogP) is 3.03. The molecule has 1 unspecified atom stereocenters. The quantitative estimate of drug-likeness (QED) is 0.335. The Labute approximate surface area is 172 Å². The van der Waals surface area contributed by atoms with E-state index in [9.17, 15) is 14.4 Å². The van der Waals surface area contributed by atoms with Crippen molar-refractivity contribution in [3.63, 3.8) is 0 Å². The molecule has 0 aromatic heterocycles. The Hall–Kier alpha value is -1.28. The van der Waals surface area contributed by atoms with Crippen LogP contribution in [0.1, 0.15) is 77.6 Å². The van der Waals surface area contributed by atoms with Crippen LogP contribution in [-0.2, 0) is 14.4 Å². The molecule has 0 aromatic rings. The Balaban J connectivity index is 0.000000281. The van der Waals surface area contributed by atoms with Crippen molar-refractivity contribution in [3.8, 4) is 0 Å². The van der Waals surface area contributed by atoms with Gasteiger partial charge in [-0.15, -0.1) is 0 Å². The van der Waals surface area contributed by atoms with E-state index >= 15 is 0 Å². The number of amides is 1. The van der Waals surface area contributed by atoms with Crippen LogP contribution < -0.4 is 10.6 Å². The molecule has 8 heteroatoms. The van der Waals surface area contributed by atoms with Crippen molar-refractivity contribution in [2.24, 2.45) is 0 Å². The molecule has 0 aromatic carbocycles. The van der Waals surface area contributed by atoms with E-state index in [4.69, 9.17) is 10.2 Å². The van der Waals surface area contributed by atoms with Crippen molar-refractivity contribution < 1.29 is 24.6 Å². The predicted molar refractivity (Wildman–Crippen MR) is 112 cm³/mol. The number of carboxylic acids is 2. The molecule has 1 atom stereocenters. The lowest BCUT2D eigenvalue weighted by molar-refractivity contribution is -0.140. The fourth-order valence-corrected chi connectivity index (χ4v) is 4.60. The molecule has 0 spiro atoms. The van der Waals surface area contributed by atoms with Crippen molar-refractivity contribution in [2.45, 2.75) is 95.7 Å². The van der Waals surface area contributed by atoms with Gasteiger partial charge < -0.3 is 20.8 Å². The highest BCUT2D eigenvalue weighted by molar-refractivity contribution is 7.99. The standard InChI is InChI=1S/C12H23N.C8H13NO5S/c1-3-7-11(8-4-1)13-12-9-5-2-6-10-12;1-5(10)9-6(8(13)14)4-15-3-2-7(11)12/h11-13H,1-10H2;6H,2-4H2,1H3,(H,9,10)(H,11,12)(H,13,14)/i;4+1,6+1,8+1. The van der Waals surface area contributed by atoms with E-state index in [-0.39, 0.29) is 12.2 Å². The fourth-order valence-electron chi connectivity index (χ4n) is 3.65. The minimum Gasteiger partial charge on any atom is -0.481 e. The molecule has 0 bridgehead atoms. The van der Waals surface area contributed by atoms with Crippen LogP contribution >= 0.6 is 11.8 Å². The van der Waals surface area contributed by atoms with Gasteiger partial charge in [-0.1, -0.05) is 38.5 Å². The van der Waals surface area contributed by atoms with Gasteiger partial charge in [0.1, 0.15) is 6.04 Å². The lowest BCUT2D eigenvalue weighted by Crippen LogP contribution is -2.41. The van der Waals surface area contributed by atoms with Gasteiger partial charge in [0.2, 0.25) is 5.91 Å². The molecule has 2 fully saturated rings. The first-order chi connectivity index (χ1) is 13.4. The summed E-state index contributed by atoms with van der Waals surface area (Å²) in [7, 11) is 0. The molecule has 2 saturated carbocycles. The van der Waals surface area contributed by atoms with Crippen molar-refractivity contribution in [3.05, 3.63) is 0 Å². The van der Waals surface area contributed by atoms with E-state index in [1.807, 2.05) is 0 Å². The summed E-state index contributed by atoms with van der Waals surface area (Å²) in [4.78, 5) is 31.4. The summed E-state index contributed by atoms with van der Waals surface area (Å²) in [5.41, 5.74) is 0. The first-order valence-corrected chi connectivity index (χ1v) is 11.6. The van der Waals surface area contributed by atoms with Crippen LogP contribution in [-0.4, -0.2) is 57.7 Å². The van der Waals surface area contributed by atoms with Gasteiger partial charge in [0.15, 0.2) is 0 Å². The van der Waals surface area contributed by atoms with E-state index in [1.165, 1.54) is 82.9 Å². The number of hydrogen-bond donors (Lipinski definition) is 4. The highest BCUT2D eigenvalue weighted by Gasteiger charge is 2.19. The summed E-state index contributed by atoms with van der Waals surface area (Å²) in [6.45, 7) is 1.23. The first kappa shape index (κ1) is 24.8. The number of thioether (sulfide) groups is 1. The van der Waals surface area contributed by atoms with Crippen molar-refractivity contribution in [1.82, 2.24) is 10.6 Å². The van der Waals surface area contributed by atoms with Crippen LogP contribution in [0.2, 0.25) is 0 Å². The van der Waals surface area contributed by atoms with Crippen molar-refractivity contribution >= 4 is 29.6 Å². The smallest absolute Gasteiger partial charge is 0.327 e. The van der Waals surface area contributed by atoms with Crippen molar-refractivity contribution in [2.75, 3.05) is 11.5 Å². The van der Waals surface area contributed by atoms with Crippen molar-refractivity contribution in [1.29, 1.82) is 0 Å². The number of nitrogens with one attached hydrogen (secondary N) is 2. The first-order valence-electron chi connectivity index (χ1n) is 10.4. The van der Waals surface area contributed by atoms with Crippen LogP contribution in [0, 0.1) is 0 Å². The average molecular weight is 420 g/mol. The summed E-state index contributed by atoms with van der Waals surface area (Å²) in [5.74, 6) is -1.95. The van der Waals surface area contributed by atoms with E-state index < -0.39 is 23.9 Å². The summed E-state index contributed by atoms with van der Waals surface area (Å²) >= 11 is 1.18. The Morgan fingerprint density at radius 3 is 1.82 bits per heavy atom. The van der Waals surface area contributed by atoms with E-state index in [2.05, 4.69) is 10.6 Å². The van der Waals surface area contributed by atoms with Gasteiger partial charge in [0, 0.05) is 30.5 Å². The van der Waals surface area contributed by atoms with Gasteiger partial charge in [0.05, 0.1) is 6.42 Å². The molecule has 2 aliphatic rings. The van der Waals surface area contributed by atoms with Crippen LogP contribution in [0.3, 0.4) is 0 Å². The SMILES string of the molecule is C1CCC(NC2CCCCC2)CC1.CC(=O)N[13CH]([13CH2]SCCC(=O)O)[13C](=O)O. The Morgan fingerprint density at radius 1 is 0.929 bits per heavy atom. The topological polar surface area (TPSA) is 116 Å². The largest absolute Gasteiger partial charge is 0.481 e. The zero-order valence-corrected chi connectivity index (χ0v) is 17.8. The second kappa shape index (κ2) is 14.7. The van der Waals surface area contributed by atoms with Gasteiger partial charge in [-0.3, -0.25) is 9.59 Å². The van der Waals surface area contributed by atoms with Gasteiger partial charge in [-0.05, 0) is 25.7 Å². The van der Waals surface area contributed by atoms with Crippen LogP contribution in [0.5, 0.6) is 0 Å². The third kappa shape index (κ3) is 12.2. The highest BCUT2D eigenvalue weighted by Crippen LogP contribution is 2.22. The maximum atomic E-state index is 10.6. The molecule has 1 amide bonds. The molecule has 2 aliphatic carbocycles. The van der Waals surface area contributed by atoms with E-state index in [1.54, 1.807) is 0 Å². The van der Waals surface area contributed by atoms with Crippen LogP contribution in [0.4, 0.5) is 0 Å². The molecule has 7 nitrogen and oxygen atoms in total. The molecule has 4 N–H and O–H groups in total. The monoisotopic (exact) mass is 419 g/mol. The number of rotatable bonds is 9. The molecule has 2 rings (SSSR count). The zero-order chi connectivity index (χ0) is 20.8. The molecular weight excluding hydrogens is 383 g/mol. The Bertz CT molecular complexity index is 461. The zero-order valence-electron chi connectivity index (χ0n) is 17.0. The third-order valence-electron chi connectivity index (χ3n) is 5.10. The second-order valence-electron chi connectivity index (χ2n) is 7.65. The summed E-state index contributed by atoms with van der Waals surface area (Å²) < 4.78 is 0. The van der Waals surface area contributed by atoms with E-state index in [0.29, 0.717) is 5.75 Å². The van der Waals surface area contributed by atoms with Gasteiger partial charge in [-0.25, -0.2) is 4.79 Å². The number of carboxylic acid groups (broad SMARTS) is 2. The minimum absolute atomic E-state index is 0.0168. The minimum atomic E-state index is -1.12. The summed E-state index contributed by atoms with van der Waals surface area (Å²) in [6.07, 6.45) is 14.5. The van der Waals surface area contributed by atoms with Crippen LogP contribution in [0.25, 0.3) is 0 Å². The molecule has 0 heterocycles. The van der Waals surface area contributed by atoms with Gasteiger partial charge in [-0.2, -0.15) is 11.8 Å². The normalized spacial score (nSPS) is 19.2. The molecule has 0 saturated heterocycles. The highest BCUT2D eigenvalue weighted by atomic mass is 32.2. The third-order valence-corrected chi connectivity index (χ3v) is 6.16. The Morgan fingerprint density at radius 2 is 1.43 bits per heavy atom. The molecule has 162 valence electrons. The summed E-state index contributed by atoms with van der Waals surface area (Å²) in [6, 6.07) is 0.787. The number of carbonyl (C=O) groups excluding carboxylic acids is 1. The van der Waals surface area contributed by atoms with E-state index in [0.717, 1.165) is 12.1 Å². The van der Waals surface area contributed by atoms with Gasteiger partial charge >= 0.3 is 11.9 Å². The molecule has 0 radical (unpaired) electrons. The molecule has 28 heavy (non-hydrogen) atoms. The second-order valence-corrected chi connectivity index (χ2v) is 8.80. The average Bonchev–Trinajstić information content (AvgIpc) is 2.66. The Kier molecular flexibility index (Phi) is 13.0. The lowest BCUT2D eigenvalue weighted by Gasteiger charge is -2.30. The maximum absolute atomic E-state index is 10.6. The molecular formula is C20H36N2O5S. The maximum Gasteiger partial charge on any atom is 0.327 e. The van der Waals surface area contributed by atoms with Crippen LogP contribution in [0.15, 0.2) is 0 Å².